The summed E-state index contributed by atoms with van der Waals surface area (Å²) < 4.78 is 0. The van der Waals surface area contributed by atoms with E-state index in [4.69, 9.17) is 0 Å². The lowest BCUT2D eigenvalue weighted by atomic mass is 10.2. The molecule has 2 heteroatoms. The van der Waals surface area contributed by atoms with Crippen molar-refractivity contribution in [3.05, 3.63) is 29.1 Å². The predicted molar refractivity (Wildman–Crippen MR) is 57.4 cm³/mol. The molecule has 0 radical (unpaired) electrons. The minimum Gasteiger partial charge on any atom is -0.282 e. The SMILES string of the molecule is CC.Cc1[nH]nc2c1C=CCC=C2. The molecule has 1 aliphatic carbocycles. The van der Waals surface area contributed by atoms with Crippen LogP contribution >= 0.6 is 0 Å². The van der Waals surface area contributed by atoms with E-state index in [1.807, 2.05) is 20.8 Å². The van der Waals surface area contributed by atoms with E-state index in [1.54, 1.807) is 0 Å². The lowest BCUT2D eigenvalue weighted by molar-refractivity contribution is 1.04. The number of allylic oxidation sites excluding steroid dienone is 2. The van der Waals surface area contributed by atoms with Gasteiger partial charge in [-0.1, -0.05) is 32.1 Å². The fourth-order valence-corrected chi connectivity index (χ4v) is 1.24. The normalized spacial score (nSPS) is 12.8. The average Bonchev–Trinajstić information content (AvgIpc) is 2.44. The molecule has 0 aliphatic heterocycles. The van der Waals surface area contributed by atoms with E-state index in [0.29, 0.717) is 0 Å². The van der Waals surface area contributed by atoms with Gasteiger partial charge in [-0.15, -0.1) is 0 Å². The van der Waals surface area contributed by atoms with E-state index >= 15 is 0 Å². The first-order chi connectivity index (χ1) is 6.38. The number of nitrogens with zero attached hydrogens (tertiary/aromatic N) is 1. The second-order valence-corrected chi connectivity index (χ2v) is 2.69. The van der Waals surface area contributed by atoms with Gasteiger partial charge in [0.15, 0.2) is 0 Å². The Morgan fingerprint density at radius 1 is 1.23 bits per heavy atom. The van der Waals surface area contributed by atoms with Crippen LogP contribution in [0.15, 0.2) is 12.2 Å². The second kappa shape index (κ2) is 4.65. The third-order valence-corrected chi connectivity index (χ3v) is 1.86. The van der Waals surface area contributed by atoms with Gasteiger partial charge in [-0.3, -0.25) is 5.10 Å². The van der Waals surface area contributed by atoms with Crippen molar-refractivity contribution in [2.24, 2.45) is 0 Å². The maximum absolute atomic E-state index is 4.15. The molecule has 0 bridgehead atoms. The molecule has 2 rings (SSSR count). The summed E-state index contributed by atoms with van der Waals surface area (Å²) in [6, 6.07) is 0. The Labute approximate surface area is 79.4 Å². The van der Waals surface area contributed by atoms with Crippen molar-refractivity contribution in [1.82, 2.24) is 10.2 Å². The minimum atomic E-state index is 1.01. The summed E-state index contributed by atoms with van der Waals surface area (Å²) in [5.74, 6) is 0. The molecule has 0 unspecified atom stereocenters. The van der Waals surface area contributed by atoms with Crippen LogP contribution in [-0.2, 0) is 0 Å². The molecular formula is C11H16N2. The molecule has 1 aliphatic rings. The number of aryl methyl sites for hydroxylation is 1. The van der Waals surface area contributed by atoms with Crippen LogP contribution in [0.25, 0.3) is 12.2 Å². The molecule has 0 fully saturated rings. The Kier molecular flexibility index (Phi) is 3.50. The minimum absolute atomic E-state index is 1.01. The van der Waals surface area contributed by atoms with Crippen LogP contribution in [0.1, 0.15) is 37.2 Å². The summed E-state index contributed by atoms with van der Waals surface area (Å²) in [7, 11) is 0. The molecule has 2 nitrogen and oxygen atoms in total. The van der Waals surface area contributed by atoms with Crippen molar-refractivity contribution < 1.29 is 0 Å². The van der Waals surface area contributed by atoms with E-state index in [-0.39, 0.29) is 0 Å². The van der Waals surface area contributed by atoms with Crippen molar-refractivity contribution >= 4 is 12.2 Å². The molecule has 0 spiro atoms. The van der Waals surface area contributed by atoms with E-state index in [0.717, 1.165) is 17.8 Å². The molecule has 70 valence electrons. The van der Waals surface area contributed by atoms with Crippen molar-refractivity contribution in [1.29, 1.82) is 0 Å². The first-order valence-corrected chi connectivity index (χ1v) is 4.76. The molecule has 0 aromatic carbocycles. The molecule has 1 aromatic rings. The van der Waals surface area contributed by atoms with Gasteiger partial charge in [-0.25, -0.2) is 0 Å². The van der Waals surface area contributed by atoms with Crippen LogP contribution in [0.5, 0.6) is 0 Å². The largest absolute Gasteiger partial charge is 0.282 e. The molecule has 1 N–H and O–H groups in total. The molecule has 0 amide bonds. The van der Waals surface area contributed by atoms with E-state index in [2.05, 4.69) is 34.5 Å². The summed E-state index contributed by atoms with van der Waals surface area (Å²) in [6.45, 7) is 6.04. The van der Waals surface area contributed by atoms with Crippen LogP contribution in [0.2, 0.25) is 0 Å². The summed E-state index contributed by atoms with van der Waals surface area (Å²) >= 11 is 0. The van der Waals surface area contributed by atoms with E-state index in [9.17, 15) is 0 Å². The standard InChI is InChI=1S/C9H10N2.C2H6/c1-7-8-5-3-2-4-6-9(8)11-10-7;1-2/h3-6H,2H2,1H3,(H,10,11);1-2H3. The highest BCUT2D eigenvalue weighted by molar-refractivity contribution is 5.66. The molecule has 1 aromatic heterocycles. The number of aromatic nitrogens is 2. The Morgan fingerprint density at radius 2 is 1.92 bits per heavy atom. The number of nitrogens with one attached hydrogen (secondary N) is 1. The van der Waals surface area contributed by atoms with E-state index < -0.39 is 0 Å². The molecule has 0 saturated heterocycles. The number of fused-ring (bicyclic) bond motifs is 1. The molecule has 13 heavy (non-hydrogen) atoms. The maximum atomic E-state index is 4.15. The van der Waals surface area contributed by atoms with Gasteiger partial charge in [-0.2, -0.15) is 5.10 Å². The Morgan fingerprint density at radius 3 is 2.69 bits per heavy atom. The van der Waals surface area contributed by atoms with Gasteiger partial charge in [-0.05, 0) is 19.4 Å². The highest BCUT2D eigenvalue weighted by Gasteiger charge is 2.04. The fourth-order valence-electron chi connectivity index (χ4n) is 1.24. The first-order valence-electron chi connectivity index (χ1n) is 4.76. The van der Waals surface area contributed by atoms with E-state index in [1.165, 1.54) is 5.56 Å². The topological polar surface area (TPSA) is 28.7 Å². The number of H-pyrrole nitrogens is 1. The number of hydrogen-bond acceptors (Lipinski definition) is 1. The smallest absolute Gasteiger partial charge is 0.0920 e. The lowest BCUT2D eigenvalue weighted by Crippen LogP contribution is -1.74. The fraction of sp³-hybridized carbons (Fsp3) is 0.364. The maximum Gasteiger partial charge on any atom is 0.0920 e. The van der Waals surface area contributed by atoms with Crippen molar-refractivity contribution in [3.63, 3.8) is 0 Å². The van der Waals surface area contributed by atoms with Crippen LogP contribution in [0, 0.1) is 6.92 Å². The van der Waals surface area contributed by atoms with Crippen molar-refractivity contribution in [3.8, 4) is 0 Å². The molecule has 0 saturated carbocycles. The number of hydrogen-bond donors (Lipinski definition) is 1. The third-order valence-electron chi connectivity index (χ3n) is 1.86. The van der Waals surface area contributed by atoms with Crippen molar-refractivity contribution in [2.45, 2.75) is 27.2 Å². The third kappa shape index (κ3) is 2.08. The average molecular weight is 176 g/mol. The van der Waals surface area contributed by atoms with Gasteiger partial charge < -0.3 is 0 Å². The Hall–Kier alpha value is -1.31. The first kappa shape index (κ1) is 9.78. The van der Waals surface area contributed by atoms with Crippen LogP contribution in [-0.4, -0.2) is 10.2 Å². The Bertz CT molecular complexity index is 319. The Balaban J connectivity index is 0.000000396. The molecule has 1 heterocycles. The summed E-state index contributed by atoms with van der Waals surface area (Å²) in [4.78, 5) is 0. The zero-order valence-electron chi connectivity index (χ0n) is 8.46. The predicted octanol–water partition coefficient (Wildman–Crippen LogP) is 3.17. The van der Waals surface area contributed by atoms with Gasteiger partial charge in [0.2, 0.25) is 0 Å². The van der Waals surface area contributed by atoms with Gasteiger partial charge in [0.25, 0.3) is 0 Å². The summed E-state index contributed by atoms with van der Waals surface area (Å²) in [6.07, 6.45) is 9.44. The van der Waals surface area contributed by atoms with Gasteiger partial charge in [0.05, 0.1) is 5.69 Å². The zero-order valence-corrected chi connectivity index (χ0v) is 8.46. The number of rotatable bonds is 0. The van der Waals surface area contributed by atoms with Crippen LogP contribution in [0.3, 0.4) is 0 Å². The quantitative estimate of drug-likeness (QED) is 0.646. The number of aromatic amines is 1. The molecule has 0 atom stereocenters. The van der Waals surface area contributed by atoms with Gasteiger partial charge >= 0.3 is 0 Å². The highest BCUT2D eigenvalue weighted by Crippen LogP contribution is 2.17. The van der Waals surface area contributed by atoms with Gasteiger partial charge in [0.1, 0.15) is 0 Å². The zero-order chi connectivity index (χ0) is 9.68. The highest BCUT2D eigenvalue weighted by atomic mass is 15.1. The lowest BCUT2D eigenvalue weighted by Gasteiger charge is -1.87. The monoisotopic (exact) mass is 176 g/mol. The summed E-state index contributed by atoms with van der Waals surface area (Å²) in [5, 5.41) is 7.11. The van der Waals surface area contributed by atoms with Crippen molar-refractivity contribution in [2.75, 3.05) is 0 Å². The van der Waals surface area contributed by atoms with Crippen LogP contribution in [0.4, 0.5) is 0 Å². The van der Waals surface area contributed by atoms with Crippen LogP contribution < -0.4 is 0 Å². The second-order valence-electron chi connectivity index (χ2n) is 2.69. The van der Waals surface area contributed by atoms with Gasteiger partial charge in [0, 0.05) is 11.3 Å². The summed E-state index contributed by atoms with van der Waals surface area (Å²) in [5.41, 5.74) is 3.41. The molecular weight excluding hydrogens is 160 g/mol.